The molecule has 6 heteroatoms. The van der Waals surface area contributed by atoms with E-state index < -0.39 is 21.5 Å². The first kappa shape index (κ1) is 14.4. The Bertz CT molecular complexity index is 379. The number of nitrogens with zero attached hydrogens (tertiary/aromatic N) is 1. The molecule has 1 aliphatic rings. The van der Waals surface area contributed by atoms with E-state index in [0.29, 0.717) is 38.6 Å². The Labute approximate surface area is 103 Å². The van der Waals surface area contributed by atoms with Gasteiger partial charge in [-0.15, -0.1) is 0 Å². The SMILES string of the molecule is CCCC1(C(=O)O)CCCN1S(=O)(=O)CCC. The highest BCUT2D eigenvalue weighted by Gasteiger charge is 2.51. The van der Waals surface area contributed by atoms with Crippen molar-refractivity contribution in [1.29, 1.82) is 0 Å². The van der Waals surface area contributed by atoms with E-state index in [-0.39, 0.29) is 5.75 Å². The topological polar surface area (TPSA) is 74.7 Å². The largest absolute Gasteiger partial charge is 0.480 e. The second kappa shape index (κ2) is 5.35. The fourth-order valence-electron chi connectivity index (χ4n) is 2.61. The van der Waals surface area contributed by atoms with E-state index in [2.05, 4.69) is 0 Å². The highest BCUT2D eigenvalue weighted by atomic mass is 32.2. The molecule has 0 radical (unpaired) electrons. The Balaban J connectivity index is 3.09. The lowest BCUT2D eigenvalue weighted by Gasteiger charge is -2.33. The fraction of sp³-hybridized carbons (Fsp3) is 0.909. The zero-order chi connectivity index (χ0) is 13.1. The first-order chi connectivity index (χ1) is 7.90. The Morgan fingerprint density at radius 2 is 2.00 bits per heavy atom. The van der Waals surface area contributed by atoms with E-state index in [1.165, 1.54) is 4.31 Å². The van der Waals surface area contributed by atoms with Crippen LogP contribution in [0.2, 0.25) is 0 Å². The van der Waals surface area contributed by atoms with Crippen LogP contribution < -0.4 is 0 Å². The van der Waals surface area contributed by atoms with E-state index >= 15 is 0 Å². The summed E-state index contributed by atoms with van der Waals surface area (Å²) in [7, 11) is -3.43. The van der Waals surface area contributed by atoms with Crippen LogP contribution in [0.25, 0.3) is 0 Å². The molecule has 1 N–H and O–H groups in total. The Hall–Kier alpha value is -0.620. The number of sulfonamides is 1. The maximum absolute atomic E-state index is 12.1. The number of carbonyl (C=O) groups is 1. The van der Waals surface area contributed by atoms with Crippen molar-refractivity contribution in [2.45, 2.75) is 51.5 Å². The molecule has 1 aliphatic heterocycles. The van der Waals surface area contributed by atoms with Gasteiger partial charge in [0.25, 0.3) is 0 Å². The van der Waals surface area contributed by atoms with Gasteiger partial charge < -0.3 is 5.11 Å². The van der Waals surface area contributed by atoms with Crippen LogP contribution in [0, 0.1) is 0 Å². The number of carboxylic acids is 1. The van der Waals surface area contributed by atoms with Crippen molar-refractivity contribution in [2.24, 2.45) is 0 Å². The lowest BCUT2D eigenvalue weighted by molar-refractivity contribution is -0.147. The van der Waals surface area contributed by atoms with Crippen LogP contribution >= 0.6 is 0 Å². The summed E-state index contributed by atoms with van der Waals surface area (Å²) in [5.41, 5.74) is -1.19. The van der Waals surface area contributed by atoms with E-state index in [9.17, 15) is 18.3 Å². The van der Waals surface area contributed by atoms with Gasteiger partial charge in [-0.2, -0.15) is 4.31 Å². The molecule has 0 aromatic heterocycles. The monoisotopic (exact) mass is 263 g/mol. The molecule has 0 spiro atoms. The summed E-state index contributed by atoms with van der Waals surface area (Å²) in [6.45, 7) is 4.01. The summed E-state index contributed by atoms with van der Waals surface area (Å²) in [5, 5.41) is 9.39. The number of hydrogen-bond donors (Lipinski definition) is 1. The molecule has 0 saturated carbocycles. The van der Waals surface area contributed by atoms with E-state index in [1.54, 1.807) is 6.92 Å². The van der Waals surface area contributed by atoms with Crippen LogP contribution in [0.1, 0.15) is 46.0 Å². The van der Waals surface area contributed by atoms with E-state index in [0.717, 1.165) is 0 Å². The molecule has 0 bridgehead atoms. The second-order valence-electron chi connectivity index (χ2n) is 4.58. The number of rotatable bonds is 6. The van der Waals surface area contributed by atoms with Gasteiger partial charge in [0.05, 0.1) is 5.75 Å². The van der Waals surface area contributed by atoms with Crippen LogP contribution in [0.5, 0.6) is 0 Å². The predicted octanol–water partition coefficient (Wildman–Crippen LogP) is 1.45. The summed E-state index contributed by atoms with van der Waals surface area (Å²) in [4.78, 5) is 11.5. The van der Waals surface area contributed by atoms with Crippen molar-refractivity contribution in [3.63, 3.8) is 0 Å². The summed E-state index contributed by atoms with van der Waals surface area (Å²) in [6, 6.07) is 0. The molecule has 5 nitrogen and oxygen atoms in total. The minimum atomic E-state index is -3.43. The average Bonchev–Trinajstić information content (AvgIpc) is 2.64. The molecule has 1 rings (SSSR count). The van der Waals surface area contributed by atoms with E-state index in [4.69, 9.17) is 0 Å². The third-order valence-electron chi connectivity index (χ3n) is 3.29. The summed E-state index contributed by atoms with van der Waals surface area (Å²) in [6.07, 6.45) is 2.64. The van der Waals surface area contributed by atoms with Crippen LogP contribution in [0.15, 0.2) is 0 Å². The van der Waals surface area contributed by atoms with E-state index in [1.807, 2.05) is 6.92 Å². The lowest BCUT2D eigenvalue weighted by Crippen LogP contribution is -2.53. The molecule has 17 heavy (non-hydrogen) atoms. The van der Waals surface area contributed by atoms with Gasteiger partial charge in [0, 0.05) is 6.54 Å². The molecular weight excluding hydrogens is 242 g/mol. The first-order valence-corrected chi connectivity index (χ1v) is 7.75. The summed E-state index contributed by atoms with van der Waals surface area (Å²) < 4.78 is 25.4. The molecule has 100 valence electrons. The van der Waals surface area contributed by atoms with Crippen LogP contribution in [0.4, 0.5) is 0 Å². The van der Waals surface area contributed by atoms with Crippen molar-refractivity contribution in [1.82, 2.24) is 4.31 Å². The number of hydrogen-bond acceptors (Lipinski definition) is 3. The summed E-state index contributed by atoms with van der Waals surface area (Å²) in [5.74, 6) is -0.970. The molecular formula is C11H21NO4S. The lowest BCUT2D eigenvalue weighted by atomic mass is 9.92. The molecule has 1 saturated heterocycles. The van der Waals surface area contributed by atoms with Crippen LogP contribution in [-0.4, -0.2) is 41.6 Å². The zero-order valence-corrected chi connectivity index (χ0v) is 11.3. The van der Waals surface area contributed by atoms with Gasteiger partial charge in [-0.1, -0.05) is 20.3 Å². The molecule has 1 heterocycles. The van der Waals surface area contributed by atoms with Gasteiger partial charge in [0.1, 0.15) is 5.54 Å². The summed E-state index contributed by atoms with van der Waals surface area (Å²) >= 11 is 0. The quantitative estimate of drug-likeness (QED) is 0.787. The standard InChI is InChI=1S/C11H21NO4S/c1-3-6-11(10(13)14)7-5-8-12(11)17(15,16)9-4-2/h3-9H2,1-2H3,(H,13,14). The first-order valence-electron chi connectivity index (χ1n) is 6.14. The number of carboxylic acid groups (broad SMARTS) is 1. The van der Waals surface area contributed by atoms with Crippen molar-refractivity contribution >= 4 is 16.0 Å². The second-order valence-corrected chi connectivity index (χ2v) is 6.59. The van der Waals surface area contributed by atoms with Gasteiger partial charge in [-0.3, -0.25) is 4.79 Å². The van der Waals surface area contributed by atoms with Crippen molar-refractivity contribution < 1.29 is 18.3 Å². The molecule has 0 aliphatic carbocycles. The van der Waals surface area contributed by atoms with Gasteiger partial charge in [0.2, 0.25) is 10.0 Å². The zero-order valence-electron chi connectivity index (χ0n) is 10.5. The number of aliphatic carboxylic acids is 1. The van der Waals surface area contributed by atoms with Crippen molar-refractivity contribution in [2.75, 3.05) is 12.3 Å². The molecule has 1 unspecified atom stereocenters. The predicted molar refractivity (Wildman–Crippen MR) is 65.3 cm³/mol. The normalized spacial score (nSPS) is 26.2. The van der Waals surface area contributed by atoms with Crippen LogP contribution in [-0.2, 0) is 14.8 Å². The van der Waals surface area contributed by atoms with Crippen LogP contribution in [0.3, 0.4) is 0 Å². The highest BCUT2D eigenvalue weighted by molar-refractivity contribution is 7.89. The minimum absolute atomic E-state index is 0.0335. The molecule has 1 atom stereocenters. The minimum Gasteiger partial charge on any atom is -0.480 e. The Morgan fingerprint density at radius 3 is 2.47 bits per heavy atom. The van der Waals surface area contributed by atoms with Gasteiger partial charge >= 0.3 is 5.97 Å². The average molecular weight is 263 g/mol. The van der Waals surface area contributed by atoms with Crippen molar-refractivity contribution in [3.8, 4) is 0 Å². The van der Waals surface area contributed by atoms with Gasteiger partial charge in [-0.05, 0) is 25.7 Å². The highest BCUT2D eigenvalue weighted by Crippen LogP contribution is 2.36. The molecule has 0 aromatic carbocycles. The van der Waals surface area contributed by atoms with Crippen molar-refractivity contribution in [3.05, 3.63) is 0 Å². The third-order valence-corrected chi connectivity index (χ3v) is 5.42. The maximum Gasteiger partial charge on any atom is 0.325 e. The van der Waals surface area contributed by atoms with Gasteiger partial charge in [-0.25, -0.2) is 8.42 Å². The third kappa shape index (κ3) is 2.63. The molecule has 0 aromatic rings. The maximum atomic E-state index is 12.1. The smallest absolute Gasteiger partial charge is 0.325 e. The molecule has 0 amide bonds. The fourth-order valence-corrected chi connectivity index (χ4v) is 4.55. The van der Waals surface area contributed by atoms with Gasteiger partial charge in [0.15, 0.2) is 0 Å². The molecule has 1 fully saturated rings. The Morgan fingerprint density at radius 1 is 1.35 bits per heavy atom. The Kier molecular flexibility index (Phi) is 4.55.